The van der Waals surface area contributed by atoms with Gasteiger partial charge in [-0.2, -0.15) is 4.98 Å². The van der Waals surface area contributed by atoms with Crippen molar-refractivity contribution in [3.63, 3.8) is 0 Å². The molecule has 8 nitrogen and oxygen atoms in total. The van der Waals surface area contributed by atoms with Crippen LogP contribution in [0, 0.1) is 5.82 Å². The first kappa shape index (κ1) is 22.9. The number of anilines is 1. The largest absolute Gasteiger partial charge is 0.497 e. The van der Waals surface area contributed by atoms with Crippen LogP contribution in [0.3, 0.4) is 0 Å². The molecule has 1 amide bonds. The molecule has 0 radical (unpaired) electrons. The highest BCUT2D eigenvalue weighted by Crippen LogP contribution is 2.25. The Kier molecular flexibility index (Phi) is 6.44. The minimum absolute atomic E-state index is 0.141. The van der Waals surface area contributed by atoms with Gasteiger partial charge in [-0.3, -0.25) is 4.79 Å². The van der Waals surface area contributed by atoms with Crippen molar-refractivity contribution in [3.8, 4) is 29.0 Å². The number of hydrogen-bond donors (Lipinski definition) is 1. The smallest absolute Gasteiger partial charge is 0.336 e. The number of amides is 1. The lowest BCUT2D eigenvalue weighted by molar-refractivity contribution is 0.102. The Balaban J connectivity index is 1.34. The topological polar surface area (TPSA) is 91.4 Å². The predicted octanol–water partition coefficient (Wildman–Crippen LogP) is 5.51. The minimum atomic E-state index is -0.315. The van der Waals surface area contributed by atoms with Gasteiger partial charge in [0.25, 0.3) is 5.91 Å². The summed E-state index contributed by atoms with van der Waals surface area (Å²) in [6.45, 7) is 0.179. The van der Waals surface area contributed by atoms with Gasteiger partial charge < -0.3 is 19.2 Å². The molecule has 1 N–H and O–H groups in total. The molecule has 0 spiro atoms. The molecule has 0 aliphatic rings. The van der Waals surface area contributed by atoms with Crippen LogP contribution in [0.2, 0.25) is 0 Å². The quantitative estimate of drug-likeness (QED) is 0.312. The van der Waals surface area contributed by atoms with Crippen LogP contribution < -0.4 is 14.8 Å². The molecule has 2 heterocycles. The van der Waals surface area contributed by atoms with E-state index in [4.69, 9.17) is 13.9 Å². The van der Waals surface area contributed by atoms with Crippen molar-refractivity contribution < 1.29 is 23.1 Å². The van der Waals surface area contributed by atoms with Crippen molar-refractivity contribution in [3.05, 3.63) is 108 Å². The number of nitrogens with one attached hydrogen (secondary N) is 1. The molecule has 5 aromatic rings. The number of aromatic nitrogens is 3. The fourth-order valence-corrected chi connectivity index (χ4v) is 3.46. The molecule has 0 saturated carbocycles. The molecule has 0 unspecified atom stereocenters. The van der Waals surface area contributed by atoms with Crippen LogP contribution in [-0.4, -0.2) is 27.8 Å². The predicted molar refractivity (Wildman–Crippen MR) is 131 cm³/mol. The van der Waals surface area contributed by atoms with Gasteiger partial charge in [0.1, 0.15) is 18.2 Å². The number of halogens is 1. The van der Waals surface area contributed by atoms with Gasteiger partial charge in [0, 0.05) is 11.3 Å². The number of carbonyl (C=O) groups is 1. The molecule has 0 atom stereocenters. The molecule has 0 fully saturated rings. The maximum Gasteiger partial charge on any atom is 0.336 e. The molecule has 0 aliphatic heterocycles. The Morgan fingerprint density at radius 2 is 1.75 bits per heavy atom. The number of nitrogens with zero attached hydrogens (tertiary/aromatic N) is 3. The molecule has 9 heteroatoms. The molecule has 0 bridgehead atoms. The lowest BCUT2D eigenvalue weighted by atomic mass is 10.2. The molecule has 0 aliphatic carbocycles. The summed E-state index contributed by atoms with van der Waals surface area (Å²) >= 11 is 0. The summed E-state index contributed by atoms with van der Waals surface area (Å²) in [6.07, 6.45) is 1.55. The Morgan fingerprint density at radius 3 is 2.42 bits per heavy atom. The van der Waals surface area contributed by atoms with Gasteiger partial charge in [0.05, 0.1) is 19.1 Å². The number of carbonyl (C=O) groups excluding carboxylic acids is 1. The van der Waals surface area contributed by atoms with Crippen LogP contribution in [0.4, 0.5) is 10.1 Å². The Bertz CT molecular complexity index is 1450. The van der Waals surface area contributed by atoms with E-state index in [0.29, 0.717) is 34.3 Å². The van der Waals surface area contributed by atoms with E-state index >= 15 is 0 Å². The molecule has 5 rings (SSSR count). The van der Waals surface area contributed by atoms with Crippen LogP contribution in [0.5, 0.6) is 11.8 Å². The second-order valence-corrected chi connectivity index (χ2v) is 7.75. The molecule has 2 aromatic heterocycles. The van der Waals surface area contributed by atoms with E-state index < -0.39 is 0 Å². The maximum atomic E-state index is 13.2. The Labute approximate surface area is 205 Å². The van der Waals surface area contributed by atoms with Crippen molar-refractivity contribution in [2.45, 2.75) is 6.61 Å². The first-order valence-electron chi connectivity index (χ1n) is 11.0. The summed E-state index contributed by atoms with van der Waals surface area (Å²) in [6, 6.07) is 23.7. The third-order valence-corrected chi connectivity index (χ3v) is 5.33. The van der Waals surface area contributed by atoms with Crippen molar-refractivity contribution >= 4 is 11.6 Å². The molecule has 3 aromatic carbocycles. The fourth-order valence-electron chi connectivity index (χ4n) is 3.46. The summed E-state index contributed by atoms with van der Waals surface area (Å²) in [4.78, 5) is 17.0. The van der Waals surface area contributed by atoms with E-state index in [1.807, 2.05) is 0 Å². The van der Waals surface area contributed by atoms with Crippen LogP contribution >= 0.6 is 0 Å². The van der Waals surface area contributed by atoms with Crippen molar-refractivity contribution in [2.75, 3.05) is 12.4 Å². The lowest BCUT2D eigenvalue weighted by Gasteiger charge is -2.08. The molecular formula is C27H21FN4O4. The number of hydrogen-bond acceptors (Lipinski definition) is 6. The highest BCUT2D eigenvalue weighted by Gasteiger charge is 2.17. The standard InChI is InChI=1S/C27H21FN4O4/c1-34-23-14-6-19(7-15-23)26(33)29-21-10-12-22(13-11-21)32-25(24-3-2-16-35-24)30-27(31-32)36-17-18-4-8-20(28)9-5-18/h2-16H,17H2,1H3,(H,29,33). The Morgan fingerprint density at radius 1 is 1.00 bits per heavy atom. The maximum absolute atomic E-state index is 13.2. The van der Waals surface area contributed by atoms with Gasteiger partial charge in [-0.15, -0.1) is 5.10 Å². The van der Waals surface area contributed by atoms with E-state index in [-0.39, 0.29) is 24.3 Å². The van der Waals surface area contributed by atoms with Crippen LogP contribution in [-0.2, 0) is 6.61 Å². The number of ether oxygens (including phenoxy) is 2. The molecule has 180 valence electrons. The van der Waals surface area contributed by atoms with E-state index in [9.17, 15) is 9.18 Å². The number of benzene rings is 3. The van der Waals surface area contributed by atoms with E-state index in [0.717, 1.165) is 5.56 Å². The second kappa shape index (κ2) is 10.1. The highest BCUT2D eigenvalue weighted by molar-refractivity contribution is 6.04. The summed E-state index contributed by atoms with van der Waals surface area (Å²) in [5.74, 6) is 1.08. The first-order valence-corrected chi connectivity index (χ1v) is 11.0. The number of methoxy groups -OCH3 is 1. The van der Waals surface area contributed by atoms with Gasteiger partial charge in [0.2, 0.25) is 5.82 Å². The zero-order valence-electron chi connectivity index (χ0n) is 19.2. The third-order valence-electron chi connectivity index (χ3n) is 5.33. The zero-order chi connectivity index (χ0) is 24.9. The fraction of sp³-hybridized carbons (Fsp3) is 0.0741. The van der Waals surface area contributed by atoms with Crippen LogP contribution in [0.25, 0.3) is 17.3 Å². The van der Waals surface area contributed by atoms with Crippen molar-refractivity contribution in [2.24, 2.45) is 0 Å². The summed E-state index contributed by atoms with van der Waals surface area (Å²) in [5, 5.41) is 7.34. The SMILES string of the molecule is COc1ccc(C(=O)Nc2ccc(-n3nc(OCc4ccc(F)cc4)nc3-c3ccco3)cc2)cc1. The monoisotopic (exact) mass is 484 g/mol. The van der Waals surface area contributed by atoms with E-state index in [1.165, 1.54) is 12.1 Å². The number of rotatable bonds is 8. The zero-order valence-corrected chi connectivity index (χ0v) is 19.2. The summed E-state index contributed by atoms with van der Waals surface area (Å²) < 4.78 is 31.1. The highest BCUT2D eigenvalue weighted by atomic mass is 19.1. The lowest BCUT2D eigenvalue weighted by Crippen LogP contribution is -2.11. The normalized spacial score (nSPS) is 10.7. The van der Waals surface area contributed by atoms with Crippen molar-refractivity contribution in [1.82, 2.24) is 14.8 Å². The van der Waals surface area contributed by atoms with Gasteiger partial charge in [-0.1, -0.05) is 12.1 Å². The second-order valence-electron chi connectivity index (χ2n) is 7.75. The van der Waals surface area contributed by atoms with Crippen LogP contribution in [0.1, 0.15) is 15.9 Å². The average Bonchev–Trinajstić information content (AvgIpc) is 3.59. The molecule has 36 heavy (non-hydrogen) atoms. The van der Waals surface area contributed by atoms with E-state index in [2.05, 4.69) is 15.4 Å². The average molecular weight is 484 g/mol. The molecular weight excluding hydrogens is 463 g/mol. The first-order chi connectivity index (χ1) is 17.6. The van der Waals surface area contributed by atoms with Gasteiger partial charge >= 0.3 is 6.01 Å². The van der Waals surface area contributed by atoms with Gasteiger partial charge in [-0.05, 0) is 78.4 Å². The van der Waals surface area contributed by atoms with E-state index in [1.54, 1.807) is 90.9 Å². The number of furan rings is 1. The van der Waals surface area contributed by atoms with Gasteiger partial charge in [-0.25, -0.2) is 9.07 Å². The van der Waals surface area contributed by atoms with Crippen molar-refractivity contribution in [1.29, 1.82) is 0 Å². The summed E-state index contributed by atoms with van der Waals surface area (Å²) in [7, 11) is 1.57. The Hall–Kier alpha value is -4.92. The summed E-state index contributed by atoms with van der Waals surface area (Å²) in [5.41, 5.74) is 2.60. The van der Waals surface area contributed by atoms with Gasteiger partial charge in [0.15, 0.2) is 5.76 Å². The minimum Gasteiger partial charge on any atom is -0.497 e. The molecule has 0 saturated heterocycles. The third kappa shape index (κ3) is 5.10. The van der Waals surface area contributed by atoms with Crippen LogP contribution in [0.15, 0.2) is 95.6 Å².